The molecule has 4 nitrogen and oxygen atoms in total. The van der Waals surface area contributed by atoms with Gasteiger partial charge in [0.1, 0.15) is 10.7 Å². The van der Waals surface area contributed by atoms with Crippen molar-refractivity contribution < 1.29 is 13.2 Å². The zero-order valence-corrected chi connectivity index (χ0v) is 14.4. The van der Waals surface area contributed by atoms with Crippen LogP contribution in [-0.2, 0) is 27.7 Å². The minimum Gasteiger partial charge on any atom is -0.299 e. The predicted molar refractivity (Wildman–Crippen MR) is 90.6 cm³/mol. The molecule has 2 aromatic rings. The molecule has 0 saturated heterocycles. The molecule has 0 saturated carbocycles. The highest BCUT2D eigenvalue weighted by Crippen LogP contribution is 2.31. The van der Waals surface area contributed by atoms with Crippen LogP contribution >= 0.6 is 11.6 Å². The number of nitrogens with one attached hydrogen (secondary N) is 1. The number of carbonyl (C=O) groups is 1. The highest BCUT2D eigenvalue weighted by Gasteiger charge is 2.25. The molecule has 120 valence electrons. The molecule has 0 aromatic heterocycles. The Morgan fingerprint density at radius 1 is 1.00 bits per heavy atom. The highest BCUT2D eigenvalue weighted by atomic mass is 35.5. The third kappa shape index (κ3) is 3.12. The average Bonchev–Trinajstić information content (AvgIpc) is 2.80. The van der Waals surface area contributed by atoms with Crippen molar-refractivity contribution in [1.82, 2.24) is 0 Å². The van der Waals surface area contributed by atoms with Crippen LogP contribution in [0.4, 0.5) is 5.69 Å². The van der Waals surface area contributed by atoms with Gasteiger partial charge in [0.2, 0.25) is 0 Å². The van der Waals surface area contributed by atoms with E-state index in [0.717, 1.165) is 22.3 Å². The SMILES string of the molecule is Cc1ccc(NS(=O)(=O)c2cc3c(cc2Cl)CC(=O)C3)cc1C. The molecule has 0 heterocycles. The standard InChI is InChI=1S/C17H16ClNO3S/c1-10-3-4-14(5-11(10)2)19-23(21,22)17-9-13-7-15(20)6-12(13)8-16(17)18/h3-5,8-9,19H,6-7H2,1-2H3. The van der Waals surface area contributed by atoms with Gasteiger partial charge in [-0.2, -0.15) is 0 Å². The third-order valence-electron chi connectivity index (χ3n) is 4.08. The number of halogens is 1. The van der Waals surface area contributed by atoms with Gasteiger partial charge in [0.15, 0.2) is 0 Å². The fourth-order valence-electron chi connectivity index (χ4n) is 2.67. The van der Waals surface area contributed by atoms with Crippen LogP contribution in [0.5, 0.6) is 0 Å². The molecule has 0 bridgehead atoms. The van der Waals surface area contributed by atoms with Crippen molar-refractivity contribution in [1.29, 1.82) is 0 Å². The molecular formula is C17H16ClNO3S. The largest absolute Gasteiger partial charge is 0.299 e. The molecule has 0 unspecified atom stereocenters. The molecule has 6 heteroatoms. The lowest BCUT2D eigenvalue weighted by Crippen LogP contribution is -2.14. The van der Waals surface area contributed by atoms with Crippen molar-refractivity contribution in [3.05, 3.63) is 57.6 Å². The van der Waals surface area contributed by atoms with Crippen LogP contribution in [0.2, 0.25) is 5.02 Å². The van der Waals surface area contributed by atoms with Gasteiger partial charge in [0, 0.05) is 18.5 Å². The van der Waals surface area contributed by atoms with Crippen LogP contribution in [0.3, 0.4) is 0 Å². The summed E-state index contributed by atoms with van der Waals surface area (Å²) < 4.78 is 27.8. The molecule has 0 atom stereocenters. The minimum atomic E-state index is -3.81. The summed E-state index contributed by atoms with van der Waals surface area (Å²) in [6, 6.07) is 8.43. The molecule has 23 heavy (non-hydrogen) atoms. The number of hydrogen-bond donors (Lipinski definition) is 1. The molecule has 0 radical (unpaired) electrons. The first-order chi connectivity index (χ1) is 10.8. The van der Waals surface area contributed by atoms with E-state index in [4.69, 9.17) is 11.6 Å². The first-order valence-corrected chi connectivity index (χ1v) is 9.05. The van der Waals surface area contributed by atoms with Gasteiger partial charge >= 0.3 is 0 Å². The molecule has 1 aliphatic rings. The van der Waals surface area contributed by atoms with Gasteiger partial charge in [0.25, 0.3) is 10.0 Å². The van der Waals surface area contributed by atoms with Crippen molar-refractivity contribution >= 4 is 33.1 Å². The lowest BCUT2D eigenvalue weighted by atomic mass is 10.1. The van der Waals surface area contributed by atoms with E-state index < -0.39 is 10.0 Å². The van der Waals surface area contributed by atoms with Gasteiger partial charge in [-0.05, 0) is 60.4 Å². The van der Waals surface area contributed by atoms with Gasteiger partial charge in [-0.15, -0.1) is 0 Å². The number of hydrogen-bond acceptors (Lipinski definition) is 3. The smallest absolute Gasteiger partial charge is 0.263 e. The Morgan fingerprint density at radius 2 is 1.65 bits per heavy atom. The molecule has 0 fully saturated rings. The fourth-order valence-corrected chi connectivity index (χ4v) is 4.33. The minimum absolute atomic E-state index is 0.00541. The summed E-state index contributed by atoms with van der Waals surface area (Å²) in [5.41, 5.74) is 4.11. The molecule has 0 spiro atoms. The van der Waals surface area contributed by atoms with E-state index in [1.165, 1.54) is 6.07 Å². The second-order valence-electron chi connectivity index (χ2n) is 5.85. The normalized spacial score (nSPS) is 14.0. The van der Waals surface area contributed by atoms with Gasteiger partial charge in [-0.1, -0.05) is 17.7 Å². The first-order valence-electron chi connectivity index (χ1n) is 7.19. The number of benzene rings is 2. The Hall–Kier alpha value is -1.85. The Kier molecular flexibility index (Phi) is 3.94. The van der Waals surface area contributed by atoms with E-state index in [0.29, 0.717) is 12.1 Å². The summed E-state index contributed by atoms with van der Waals surface area (Å²) in [5.74, 6) is 0.0766. The number of aryl methyl sites for hydroxylation is 2. The Labute approximate surface area is 140 Å². The summed E-state index contributed by atoms with van der Waals surface area (Å²) in [5, 5.41) is 0.134. The fraction of sp³-hybridized carbons (Fsp3) is 0.235. The summed E-state index contributed by atoms with van der Waals surface area (Å²) in [4.78, 5) is 11.5. The quantitative estimate of drug-likeness (QED) is 0.923. The number of sulfonamides is 1. The molecule has 2 aromatic carbocycles. The van der Waals surface area contributed by atoms with Gasteiger partial charge in [-0.25, -0.2) is 8.42 Å². The second kappa shape index (κ2) is 5.65. The lowest BCUT2D eigenvalue weighted by molar-refractivity contribution is -0.117. The first kappa shape index (κ1) is 16.0. The van der Waals surface area contributed by atoms with Gasteiger partial charge < -0.3 is 0 Å². The lowest BCUT2D eigenvalue weighted by Gasteiger charge is -2.12. The van der Waals surface area contributed by atoms with E-state index >= 15 is 0 Å². The average molecular weight is 350 g/mol. The number of anilines is 1. The zero-order chi connectivity index (χ0) is 16.8. The molecule has 0 amide bonds. The molecule has 3 rings (SSSR count). The number of ketones is 1. The van der Waals surface area contributed by atoms with E-state index in [1.54, 1.807) is 18.2 Å². The summed E-state index contributed by atoms with van der Waals surface area (Å²) in [7, 11) is -3.81. The predicted octanol–water partition coefficient (Wildman–Crippen LogP) is 3.43. The van der Waals surface area contributed by atoms with Crippen LogP contribution in [0, 0.1) is 13.8 Å². The number of Topliss-reactive ketones (excluding diaryl/α,β-unsaturated/α-hetero) is 1. The maximum Gasteiger partial charge on any atom is 0.263 e. The Morgan fingerprint density at radius 3 is 2.30 bits per heavy atom. The molecular weight excluding hydrogens is 334 g/mol. The monoisotopic (exact) mass is 349 g/mol. The topological polar surface area (TPSA) is 63.2 Å². The Balaban J connectivity index is 1.98. The van der Waals surface area contributed by atoms with Crippen molar-refractivity contribution in [3.63, 3.8) is 0 Å². The van der Waals surface area contributed by atoms with Crippen molar-refractivity contribution in [2.24, 2.45) is 0 Å². The maximum atomic E-state index is 12.6. The molecule has 0 aliphatic heterocycles. The van der Waals surface area contributed by atoms with Crippen LogP contribution < -0.4 is 4.72 Å². The van der Waals surface area contributed by atoms with Crippen molar-refractivity contribution in [2.45, 2.75) is 31.6 Å². The van der Waals surface area contributed by atoms with Crippen LogP contribution in [0.25, 0.3) is 0 Å². The van der Waals surface area contributed by atoms with Gasteiger partial charge in [-0.3, -0.25) is 9.52 Å². The third-order valence-corrected chi connectivity index (χ3v) is 5.92. The van der Waals surface area contributed by atoms with Crippen molar-refractivity contribution in [3.8, 4) is 0 Å². The Bertz CT molecular complexity index is 920. The van der Waals surface area contributed by atoms with Crippen LogP contribution in [-0.4, -0.2) is 14.2 Å². The van der Waals surface area contributed by atoms with E-state index in [1.807, 2.05) is 19.9 Å². The van der Waals surface area contributed by atoms with E-state index in [9.17, 15) is 13.2 Å². The number of carbonyl (C=O) groups excluding carboxylic acids is 1. The summed E-state index contributed by atoms with van der Waals surface area (Å²) in [6.45, 7) is 3.88. The second-order valence-corrected chi connectivity index (χ2v) is 7.91. The van der Waals surface area contributed by atoms with Gasteiger partial charge in [0.05, 0.1) is 5.02 Å². The highest BCUT2D eigenvalue weighted by molar-refractivity contribution is 7.92. The van der Waals surface area contributed by atoms with E-state index in [2.05, 4.69) is 4.72 Å². The van der Waals surface area contributed by atoms with Crippen molar-refractivity contribution in [2.75, 3.05) is 4.72 Å². The van der Waals surface area contributed by atoms with Crippen LogP contribution in [0.1, 0.15) is 22.3 Å². The summed E-state index contributed by atoms with van der Waals surface area (Å²) >= 11 is 6.13. The molecule has 1 N–H and O–H groups in total. The van der Waals surface area contributed by atoms with Crippen LogP contribution in [0.15, 0.2) is 35.2 Å². The zero-order valence-electron chi connectivity index (χ0n) is 12.8. The maximum absolute atomic E-state index is 12.6. The molecule has 1 aliphatic carbocycles. The van der Waals surface area contributed by atoms with E-state index in [-0.39, 0.29) is 22.1 Å². The number of rotatable bonds is 3. The number of fused-ring (bicyclic) bond motifs is 1. The summed E-state index contributed by atoms with van der Waals surface area (Å²) in [6.07, 6.45) is 0.582.